The third kappa shape index (κ3) is 4.90. The van der Waals surface area contributed by atoms with E-state index in [4.69, 9.17) is 4.74 Å². The minimum Gasteiger partial charge on any atom is -0.377 e. The van der Waals surface area contributed by atoms with E-state index in [0.717, 1.165) is 43.5 Å². The third-order valence-corrected chi connectivity index (χ3v) is 5.27. The van der Waals surface area contributed by atoms with Crippen molar-refractivity contribution < 1.29 is 4.74 Å². The molecule has 7 nitrogen and oxygen atoms in total. The largest absolute Gasteiger partial charge is 0.377 e. The van der Waals surface area contributed by atoms with Gasteiger partial charge < -0.3 is 15.4 Å². The first-order chi connectivity index (χ1) is 13.4. The van der Waals surface area contributed by atoms with Crippen molar-refractivity contribution in [2.24, 2.45) is 4.99 Å². The van der Waals surface area contributed by atoms with Crippen molar-refractivity contribution in [3.63, 3.8) is 0 Å². The highest BCUT2D eigenvalue weighted by Gasteiger charge is 2.24. The van der Waals surface area contributed by atoms with Gasteiger partial charge in [0.05, 0.1) is 6.54 Å². The van der Waals surface area contributed by atoms with Gasteiger partial charge in [-0.05, 0) is 18.9 Å². The van der Waals surface area contributed by atoms with E-state index in [0.29, 0.717) is 6.61 Å². The molecule has 0 radical (unpaired) electrons. The molecule has 1 atom stereocenters. The Kier molecular flexibility index (Phi) is 6.34. The van der Waals surface area contributed by atoms with Crippen LogP contribution in [0.3, 0.4) is 0 Å². The van der Waals surface area contributed by atoms with Gasteiger partial charge in [-0.1, -0.05) is 43.7 Å². The molecule has 1 unspecified atom stereocenters. The van der Waals surface area contributed by atoms with Gasteiger partial charge in [0.2, 0.25) is 0 Å². The van der Waals surface area contributed by atoms with Crippen molar-refractivity contribution in [2.45, 2.75) is 58.2 Å². The van der Waals surface area contributed by atoms with E-state index < -0.39 is 0 Å². The summed E-state index contributed by atoms with van der Waals surface area (Å²) in [4.78, 5) is 8.95. The standard InChI is InChI=1S/C21H32N6O/c1-15-6-8-16(9-7-15)21(2,3)14-23-20(22-4)24-17-10-11-19-25-18(13-28-5)26-27(19)12-17/h6-9,17H,10-14H2,1-5H3,(H2,22,23,24). The maximum absolute atomic E-state index is 5.14. The van der Waals surface area contributed by atoms with Crippen LogP contribution in [0.4, 0.5) is 0 Å². The molecule has 0 aliphatic carbocycles. The number of ether oxygens (including phenoxy) is 1. The van der Waals surface area contributed by atoms with Crippen LogP contribution in [0, 0.1) is 6.92 Å². The Hall–Kier alpha value is -2.41. The van der Waals surface area contributed by atoms with Crippen LogP contribution in [0.15, 0.2) is 29.3 Å². The lowest BCUT2D eigenvalue weighted by atomic mass is 9.84. The second-order valence-corrected chi connectivity index (χ2v) is 8.11. The van der Waals surface area contributed by atoms with Crippen molar-refractivity contribution in [1.82, 2.24) is 25.4 Å². The molecule has 28 heavy (non-hydrogen) atoms. The normalized spacial score (nSPS) is 17.3. The summed E-state index contributed by atoms with van der Waals surface area (Å²) in [5.41, 5.74) is 2.60. The lowest BCUT2D eigenvalue weighted by Crippen LogP contribution is -2.49. The number of rotatable bonds is 6. The molecule has 0 bridgehead atoms. The van der Waals surface area contributed by atoms with Gasteiger partial charge in [-0.3, -0.25) is 4.99 Å². The van der Waals surface area contributed by atoms with Gasteiger partial charge in [0.1, 0.15) is 12.4 Å². The summed E-state index contributed by atoms with van der Waals surface area (Å²) in [6.45, 7) is 8.65. The van der Waals surface area contributed by atoms with Gasteiger partial charge in [0, 0.05) is 38.6 Å². The number of hydrogen-bond acceptors (Lipinski definition) is 4. The maximum atomic E-state index is 5.14. The van der Waals surface area contributed by atoms with Crippen LogP contribution >= 0.6 is 0 Å². The van der Waals surface area contributed by atoms with E-state index in [-0.39, 0.29) is 11.5 Å². The number of aryl methyl sites for hydroxylation is 2. The average molecular weight is 385 g/mol. The number of aliphatic imine (C=N–C) groups is 1. The molecule has 152 valence electrons. The first-order valence-electron chi connectivity index (χ1n) is 9.87. The van der Waals surface area contributed by atoms with Crippen LogP contribution in [-0.4, -0.2) is 47.5 Å². The van der Waals surface area contributed by atoms with Crippen molar-refractivity contribution in [3.8, 4) is 0 Å². The molecule has 0 saturated carbocycles. The van der Waals surface area contributed by atoms with Gasteiger partial charge in [-0.25, -0.2) is 9.67 Å². The highest BCUT2D eigenvalue weighted by Crippen LogP contribution is 2.22. The molecule has 1 aliphatic rings. The maximum Gasteiger partial charge on any atom is 0.191 e. The molecule has 2 N–H and O–H groups in total. The van der Waals surface area contributed by atoms with E-state index in [1.54, 1.807) is 7.11 Å². The van der Waals surface area contributed by atoms with Gasteiger partial charge in [-0.15, -0.1) is 0 Å². The molecule has 1 aromatic heterocycles. The molecule has 3 rings (SSSR count). The first kappa shape index (κ1) is 20.3. The lowest BCUT2D eigenvalue weighted by Gasteiger charge is -2.29. The average Bonchev–Trinajstić information content (AvgIpc) is 3.07. The van der Waals surface area contributed by atoms with Gasteiger partial charge in [0.25, 0.3) is 0 Å². The third-order valence-electron chi connectivity index (χ3n) is 5.27. The monoisotopic (exact) mass is 384 g/mol. The van der Waals surface area contributed by atoms with E-state index in [9.17, 15) is 0 Å². The Morgan fingerprint density at radius 1 is 1.32 bits per heavy atom. The summed E-state index contributed by atoms with van der Waals surface area (Å²) < 4.78 is 7.12. The summed E-state index contributed by atoms with van der Waals surface area (Å²) >= 11 is 0. The van der Waals surface area contributed by atoms with Crippen molar-refractivity contribution >= 4 is 5.96 Å². The quantitative estimate of drug-likeness (QED) is 0.590. The van der Waals surface area contributed by atoms with Crippen molar-refractivity contribution in [3.05, 3.63) is 47.0 Å². The van der Waals surface area contributed by atoms with E-state index >= 15 is 0 Å². The summed E-state index contributed by atoms with van der Waals surface area (Å²) in [5.74, 6) is 2.61. The lowest BCUT2D eigenvalue weighted by molar-refractivity contribution is 0.177. The molecule has 1 aromatic carbocycles. The minimum absolute atomic E-state index is 0.00596. The predicted molar refractivity (Wildman–Crippen MR) is 112 cm³/mol. The highest BCUT2D eigenvalue weighted by atomic mass is 16.5. The van der Waals surface area contributed by atoms with Crippen molar-refractivity contribution in [1.29, 1.82) is 0 Å². The van der Waals surface area contributed by atoms with Gasteiger partial charge >= 0.3 is 0 Å². The van der Waals surface area contributed by atoms with Crippen LogP contribution in [0.25, 0.3) is 0 Å². The van der Waals surface area contributed by atoms with E-state index in [2.05, 4.69) is 70.7 Å². The fraction of sp³-hybridized carbons (Fsp3) is 0.571. The molecule has 0 fully saturated rings. The molecule has 1 aliphatic heterocycles. The zero-order valence-electron chi connectivity index (χ0n) is 17.6. The van der Waals surface area contributed by atoms with E-state index in [1.807, 2.05) is 11.7 Å². The molecule has 2 aromatic rings. The second kappa shape index (κ2) is 8.73. The van der Waals surface area contributed by atoms with Crippen LogP contribution in [0.2, 0.25) is 0 Å². The van der Waals surface area contributed by atoms with Crippen molar-refractivity contribution in [2.75, 3.05) is 20.7 Å². The number of nitrogens with one attached hydrogen (secondary N) is 2. The fourth-order valence-corrected chi connectivity index (χ4v) is 3.47. The number of guanidine groups is 1. The zero-order valence-corrected chi connectivity index (χ0v) is 17.6. The molecule has 0 amide bonds. The minimum atomic E-state index is 0.00596. The van der Waals surface area contributed by atoms with E-state index in [1.165, 1.54) is 11.1 Å². The second-order valence-electron chi connectivity index (χ2n) is 8.11. The predicted octanol–water partition coefficient (Wildman–Crippen LogP) is 2.19. The Morgan fingerprint density at radius 3 is 2.75 bits per heavy atom. The topological polar surface area (TPSA) is 76.4 Å². The number of aromatic nitrogens is 3. The smallest absolute Gasteiger partial charge is 0.191 e. The Balaban J connectivity index is 1.56. The first-order valence-corrected chi connectivity index (χ1v) is 9.87. The highest BCUT2D eigenvalue weighted by molar-refractivity contribution is 5.80. The molecule has 2 heterocycles. The summed E-state index contributed by atoms with van der Waals surface area (Å²) in [6, 6.07) is 9.02. The van der Waals surface area contributed by atoms with Gasteiger partial charge in [-0.2, -0.15) is 5.10 Å². The molecule has 7 heteroatoms. The van der Waals surface area contributed by atoms with Crippen LogP contribution in [0.5, 0.6) is 0 Å². The molecular formula is C21H32N6O. The van der Waals surface area contributed by atoms with Crippen LogP contribution in [0.1, 0.15) is 43.0 Å². The van der Waals surface area contributed by atoms with Gasteiger partial charge in [0.15, 0.2) is 11.8 Å². The molecule has 0 spiro atoms. The number of nitrogens with zero attached hydrogens (tertiary/aromatic N) is 4. The molecule has 0 saturated heterocycles. The summed E-state index contributed by atoms with van der Waals surface area (Å²) in [7, 11) is 3.48. The summed E-state index contributed by atoms with van der Waals surface area (Å²) in [6.07, 6.45) is 1.91. The SMILES string of the molecule is CN=C(NCC(C)(C)c1ccc(C)cc1)NC1CCc2nc(COC)nn2C1. The Bertz CT molecular complexity index is 809. The van der Waals surface area contributed by atoms with Crippen LogP contribution in [-0.2, 0) is 29.7 Å². The number of fused-ring (bicyclic) bond motifs is 1. The fourth-order valence-electron chi connectivity index (χ4n) is 3.47. The Labute approximate surface area is 167 Å². The number of benzene rings is 1. The Morgan fingerprint density at radius 2 is 2.07 bits per heavy atom. The molecular weight excluding hydrogens is 352 g/mol. The summed E-state index contributed by atoms with van der Waals surface area (Å²) in [5, 5.41) is 11.6. The van der Waals surface area contributed by atoms with Crippen LogP contribution < -0.4 is 10.6 Å². The number of methoxy groups -OCH3 is 1. The number of hydrogen-bond donors (Lipinski definition) is 2. The zero-order chi connectivity index (χ0) is 20.1.